The number of rotatable bonds is 5. The fourth-order valence-electron chi connectivity index (χ4n) is 2.10. The molecule has 1 aromatic carbocycles. The predicted octanol–water partition coefficient (Wildman–Crippen LogP) is 2.41. The molecule has 0 saturated heterocycles. The van der Waals surface area contributed by atoms with Crippen LogP contribution in [0.1, 0.15) is 37.8 Å². The molecule has 0 radical (unpaired) electrons. The van der Waals surface area contributed by atoms with E-state index in [0.717, 1.165) is 24.8 Å². The second kappa shape index (κ2) is 6.21. The minimum atomic E-state index is -0.118. The summed E-state index contributed by atoms with van der Waals surface area (Å²) in [7, 11) is 0. The summed E-state index contributed by atoms with van der Waals surface area (Å²) < 4.78 is 0. The minimum Gasteiger partial charge on any atom is -0.354 e. The second-order valence-electron chi connectivity index (χ2n) is 4.86. The zero-order chi connectivity index (χ0) is 12.3. The van der Waals surface area contributed by atoms with Crippen LogP contribution in [-0.2, 0) is 4.79 Å². The van der Waals surface area contributed by atoms with Crippen LogP contribution in [0.25, 0.3) is 0 Å². The molecule has 1 unspecified atom stereocenters. The monoisotopic (exact) mass is 268 g/mol. The van der Waals surface area contributed by atoms with E-state index in [4.69, 9.17) is 5.73 Å². The first kappa shape index (κ1) is 15.0. The number of amides is 1. The Balaban J connectivity index is 0.00000162. The third-order valence-electron chi connectivity index (χ3n) is 3.72. The van der Waals surface area contributed by atoms with Gasteiger partial charge in [-0.2, -0.15) is 0 Å². The Hall–Kier alpha value is -1.06. The number of carbonyl (C=O) groups excluding carboxylic acids is 1. The third-order valence-corrected chi connectivity index (χ3v) is 3.72. The minimum absolute atomic E-state index is 0. The molecule has 0 bridgehead atoms. The van der Waals surface area contributed by atoms with Gasteiger partial charge in [0, 0.05) is 18.0 Å². The van der Waals surface area contributed by atoms with Crippen molar-refractivity contribution < 1.29 is 4.79 Å². The molecule has 1 aromatic rings. The van der Waals surface area contributed by atoms with E-state index in [1.54, 1.807) is 0 Å². The van der Waals surface area contributed by atoms with Gasteiger partial charge in [0.15, 0.2) is 0 Å². The maximum absolute atomic E-state index is 11.9. The Morgan fingerprint density at radius 1 is 1.39 bits per heavy atom. The van der Waals surface area contributed by atoms with Gasteiger partial charge in [0.1, 0.15) is 0 Å². The summed E-state index contributed by atoms with van der Waals surface area (Å²) in [5.74, 6) is 0.173. The van der Waals surface area contributed by atoms with Gasteiger partial charge in [-0.1, -0.05) is 37.3 Å². The SMILES string of the molecule is CCC1(C(=O)NCC(N)c2ccccc2)CC1.Cl. The van der Waals surface area contributed by atoms with Crippen molar-refractivity contribution in [2.24, 2.45) is 11.1 Å². The molecule has 2 rings (SSSR count). The molecule has 0 aliphatic heterocycles. The molecule has 4 heteroatoms. The van der Waals surface area contributed by atoms with E-state index in [9.17, 15) is 4.79 Å². The topological polar surface area (TPSA) is 55.1 Å². The molecule has 1 aliphatic rings. The molecule has 0 heterocycles. The average molecular weight is 269 g/mol. The largest absolute Gasteiger partial charge is 0.354 e. The summed E-state index contributed by atoms with van der Waals surface area (Å²) in [5.41, 5.74) is 7.02. The van der Waals surface area contributed by atoms with E-state index in [1.165, 1.54) is 0 Å². The smallest absolute Gasteiger partial charge is 0.226 e. The lowest BCUT2D eigenvalue weighted by atomic mass is 10.0. The summed E-state index contributed by atoms with van der Waals surface area (Å²) >= 11 is 0. The average Bonchev–Trinajstić information content (AvgIpc) is 3.17. The van der Waals surface area contributed by atoms with Gasteiger partial charge in [-0.05, 0) is 24.8 Å². The maximum atomic E-state index is 11.9. The highest BCUT2D eigenvalue weighted by molar-refractivity contribution is 5.85. The first-order valence-corrected chi connectivity index (χ1v) is 6.27. The highest BCUT2D eigenvalue weighted by Crippen LogP contribution is 2.48. The molecule has 1 fully saturated rings. The molecular weight excluding hydrogens is 248 g/mol. The zero-order valence-corrected chi connectivity index (χ0v) is 11.5. The lowest BCUT2D eigenvalue weighted by Crippen LogP contribution is -2.36. The lowest BCUT2D eigenvalue weighted by molar-refractivity contribution is -0.126. The van der Waals surface area contributed by atoms with Crippen LogP contribution in [0.5, 0.6) is 0 Å². The van der Waals surface area contributed by atoms with Gasteiger partial charge in [0.05, 0.1) is 0 Å². The third kappa shape index (κ3) is 3.24. The van der Waals surface area contributed by atoms with E-state index in [2.05, 4.69) is 12.2 Å². The van der Waals surface area contributed by atoms with Crippen molar-refractivity contribution in [3.8, 4) is 0 Å². The Morgan fingerprint density at radius 2 is 2.00 bits per heavy atom. The number of nitrogens with one attached hydrogen (secondary N) is 1. The Bertz CT molecular complexity index is 390. The number of carbonyl (C=O) groups is 1. The van der Waals surface area contributed by atoms with Crippen LogP contribution < -0.4 is 11.1 Å². The van der Waals surface area contributed by atoms with Crippen molar-refractivity contribution >= 4 is 18.3 Å². The summed E-state index contributed by atoms with van der Waals surface area (Å²) in [6.07, 6.45) is 2.98. The normalized spacial score (nSPS) is 17.4. The molecule has 1 atom stereocenters. The first-order chi connectivity index (χ1) is 8.18. The molecule has 1 aliphatic carbocycles. The number of hydrogen-bond acceptors (Lipinski definition) is 2. The van der Waals surface area contributed by atoms with Crippen molar-refractivity contribution in [1.29, 1.82) is 0 Å². The number of halogens is 1. The number of hydrogen-bond donors (Lipinski definition) is 2. The van der Waals surface area contributed by atoms with Crippen LogP contribution in [0, 0.1) is 5.41 Å². The van der Waals surface area contributed by atoms with E-state index in [1.807, 2.05) is 30.3 Å². The van der Waals surface area contributed by atoms with Gasteiger partial charge in [0.2, 0.25) is 5.91 Å². The van der Waals surface area contributed by atoms with Crippen molar-refractivity contribution in [3.05, 3.63) is 35.9 Å². The van der Waals surface area contributed by atoms with Crippen LogP contribution in [-0.4, -0.2) is 12.5 Å². The zero-order valence-electron chi connectivity index (χ0n) is 10.7. The van der Waals surface area contributed by atoms with Crippen LogP contribution in [0.4, 0.5) is 0 Å². The summed E-state index contributed by atoms with van der Waals surface area (Å²) in [4.78, 5) is 11.9. The summed E-state index contributed by atoms with van der Waals surface area (Å²) in [5, 5.41) is 2.97. The second-order valence-corrected chi connectivity index (χ2v) is 4.86. The predicted molar refractivity (Wildman–Crippen MR) is 75.6 cm³/mol. The Kier molecular flexibility index (Phi) is 5.17. The van der Waals surface area contributed by atoms with Gasteiger partial charge in [-0.3, -0.25) is 4.79 Å². The molecule has 100 valence electrons. The van der Waals surface area contributed by atoms with Gasteiger partial charge < -0.3 is 11.1 Å². The van der Waals surface area contributed by atoms with Gasteiger partial charge >= 0.3 is 0 Å². The van der Waals surface area contributed by atoms with E-state index in [-0.39, 0.29) is 29.8 Å². The maximum Gasteiger partial charge on any atom is 0.226 e. The highest BCUT2D eigenvalue weighted by Gasteiger charge is 2.47. The van der Waals surface area contributed by atoms with Crippen LogP contribution in [0.3, 0.4) is 0 Å². The quantitative estimate of drug-likeness (QED) is 0.862. The van der Waals surface area contributed by atoms with E-state index in [0.29, 0.717) is 6.54 Å². The fraction of sp³-hybridized carbons (Fsp3) is 0.500. The highest BCUT2D eigenvalue weighted by atomic mass is 35.5. The van der Waals surface area contributed by atoms with Gasteiger partial charge in [-0.15, -0.1) is 12.4 Å². The van der Waals surface area contributed by atoms with Crippen molar-refractivity contribution in [1.82, 2.24) is 5.32 Å². The molecular formula is C14H21ClN2O. The molecule has 3 N–H and O–H groups in total. The Morgan fingerprint density at radius 3 is 2.50 bits per heavy atom. The first-order valence-electron chi connectivity index (χ1n) is 6.27. The van der Waals surface area contributed by atoms with Gasteiger partial charge in [-0.25, -0.2) is 0 Å². The lowest BCUT2D eigenvalue weighted by Gasteiger charge is -2.16. The standard InChI is InChI=1S/C14H20N2O.ClH/c1-2-14(8-9-14)13(17)16-10-12(15)11-6-4-3-5-7-11;/h3-7,12H,2,8-10,15H2,1H3,(H,16,17);1H. The van der Waals surface area contributed by atoms with Crippen LogP contribution in [0.2, 0.25) is 0 Å². The van der Waals surface area contributed by atoms with Gasteiger partial charge in [0.25, 0.3) is 0 Å². The van der Waals surface area contributed by atoms with E-state index < -0.39 is 0 Å². The van der Waals surface area contributed by atoms with Crippen molar-refractivity contribution in [2.75, 3.05) is 6.54 Å². The fourth-order valence-corrected chi connectivity index (χ4v) is 2.10. The molecule has 0 spiro atoms. The van der Waals surface area contributed by atoms with Crippen LogP contribution >= 0.6 is 12.4 Å². The molecule has 3 nitrogen and oxygen atoms in total. The van der Waals surface area contributed by atoms with E-state index >= 15 is 0 Å². The molecule has 18 heavy (non-hydrogen) atoms. The summed E-state index contributed by atoms with van der Waals surface area (Å²) in [6.45, 7) is 2.59. The molecule has 1 saturated carbocycles. The summed E-state index contributed by atoms with van der Waals surface area (Å²) in [6, 6.07) is 9.75. The van der Waals surface area contributed by atoms with Crippen molar-refractivity contribution in [3.63, 3.8) is 0 Å². The van der Waals surface area contributed by atoms with Crippen LogP contribution in [0.15, 0.2) is 30.3 Å². The molecule has 1 amide bonds. The Labute approximate surface area is 115 Å². The van der Waals surface area contributed by atoms with Crippen molar-refractivity contribution in [2.45, 2.75) is 32.2 Å². The molecule has 0 aromatic heterocycles. The number of benzene rings is 1. The number of nitrogens with two attached hydrogens (primary N) is 1.